The molecule has 1 N–H and O–H groups in total. The van der Waals surface area contributed by atoms with Gasteiger partial charge in [-0.2, -0.15) is 0 Å². The second-order valence-corrected chi connectivity index (χ2v) is 4.99. The van der Waals surface area contributed by atoms with Gasteiger partial charge in [-0.15, -0.1) is 0 Å². The number of rotatable bonds is 9. The highest BCUT2D eigenvalue weighted by Crippen LogP contribution is 2.29. The van der Waals surface area contributed by atoms with Gasteiger partial charge in [0.15, 0.2) is 0 Å². The zero-order valence-electron chi connectivity index (χ0n) is 13.2. The number of hydrogen-bond donors (Lipinski definition) is 1. The van der Waals surface area contributed by atoms with Crippen molar-refractivity contribution in [3.05, 3.63) is 24.3 Å². The molecule has 0 aliphatic carbocycles. The van der Waals surface area contributed by atoms with E-state index in [1.807, 2.05) is 13.0 Å². The van der Waals surface area contributed by atoms with Crippen molar-refractivity contribution >= 4 is 17.6 Å². The molecule has 6 nitrogen and oxygen atoms in total. The number of amides is 1. The van der Waals surface area contributed by atoms with Crippen molar-refractivity contribution in [3.63, 3.8) is 0 Å². The number of nitrogens with zero attached hydrogens (tertiary/aromatic N) is 1. The number of methoxy groups -OCH3 is 1. The lowest BCUT2D eigenvalue weighted by Crippen LogP contribution is -2.39. The third-order valence-electron chi connectivity index (χ3n) is 3.06. The summed E-state index contributed by atoms with van der Waals surface area (Å²) >= 11 is 0. The van der Waals surface area contributed by atoms with Crippen molar-refractivity contribution in [2.24, 2.45) is 5.92 Å². The Kier molecular flexibility index (Phi) is 7.39. The van der Waals surface area contributed by atoms with Crippen LogP contribution in [0, 0.1) is 5.92 Å². The molecule has 1 unspecified atom stereocenters. The number of carboxylic acids is 1. The number of hydrogen-bond acceptors (Lipinski definition) is 4. The lowest BCUT2D eigenvalue weighted by molar-refractivity contribution is -0.140. The average molecular weight is 309 g/mol. The van der Waals surface area contributed by atoms with Gasteiger partial charge in [0, 0.05) is 13.7 Å². The Morgan fingerprint density at radius 3 is 2.59 bits per heavy atom. The Morgan fingerprint density at radius 1 is 1.32 bits per heavy atom. The van der Waals surface area contributed by atoms with Crippen LogP contribution in [-0.4, -0.2) is 43.9 Å². The molecule has 122 valence electrons. The van der Waals surface area contributed by atoms with Gasteiger partial charge in [0.05, 0.1) is 18.2 Å². The molecule has 1 aromatic rings. The summed E-state index contributed by atoms with van der Waals surface area (Å²) in [7, 11) is 1.43. The van der Waals surface area contributed by atoms with Crippen LogP contribution >= 0.6 is 0 Å². The van der Waals surface area contributed by atoms with Crippen molar-refractivity contribution in [3.8, 4) is 5.75 Å². The van der Waals surface area contributed by atoms with E-state index in [0.29, 0.717) is 18.0 Å². The molecule has 0 aliphatic heterocycles. The van der Waals surface area contributed by atoms with Crippen LogP contribution in [0.25, 0.3) is 0 Å². The Bertz CT molecular complexity index is 503. The molecule has 0 bridgehead atoms. The molecular formula is C16H23NO5. The number of ether oxygens (including phenoxy) is 2. The maximum absolute atomic E-state index is 12.3. The van der Waals surface area contributed by atoms with E-state index in [1.165, 1.54) is 12.0 Å². The first kappa shape index (κ1) is 18.0. The van der Waals surface area contributed by atoms with Crippen LogP contribution in [0.15, 0.2) is 24.3 Å². The first-order chi connectivity index (χ1) is 10.5. The minimum atomic E-state index is -0.956. The molecule has 1 rings (SSSR count). The molecule has 0 saturated carbocycles. The van der Waals surface area contributed by atoms with Crippen LogP contribution < -0.4 is 9.64 Å². The normalized spacial score (nSPS) is 11.8. The Morgan fingerprint density at radius 2 is 2.00 bits per heavy atom. The molecule has 0 heterocycles. The van der Waals surface area contributed by atoms with Crippen molar-refractivity contribution < 1.29 is 24.2 Å². The van der Waals surface area contributed by atoms with E-state index in [0.717, 1.165) is 6.42 Å². The molecule has 0 saturated heterocycles. The number of anilines is 1. The maximum Gasteiger partial charge on any atom is 0.308 e. The molecule has 0 spiro atoms. The Balaban J connectivity index is 3.09. The van der Waals surface area contributed by atoms with Gasteiger partial charge in [-0.1, -0.05) is 26.0 Å². The van der Waals surface area contributed by atoms with Gasteiger partial charge in [-0.05, 0) is 18.6 Å². The zero-order chi connectivity index (χ0) is 16.5. The van der Waals surface area contributed by atoms with Gasteiger partial charge >= 0.3 is 5.97 Å². The van der Waals surface area contributed by atoms with Gasteiger partial charge < -0.3 is 19.5 Å². The van der Waals surface area contributed by atoms with Crippen LogP contribution in [0.5, 0.6) is 5.75 Å². The quantitative estimate of drug-likeness (QED) is 0.756. The van der Waals surface area contributed by atoms with E-state index in [4.69, 9.17) is 14.6 Å². The molecule has 1 atom stereocenters. The standard InChI is InChI=1S/C16H23NO5/c1-4-9-22-14-8-6-5-7-13(14)17(15(18)11-21-3)10-12(2)16(19)20/h5-8,12H,4,9-11H2,1-3H3,(H,19,20). The monoisotopic (exact) mass is 309 g/mol. The fourth-order valence-corrected chi connectivity index (χ4v) is 1.90. The SMILES string of the molecule is CCCOc1ccccc1N(CC(C)C(=O)O)C(=O)COC. The maximum atomic E-state index is 12.3. The van der Waals surface area contributed by atoms with E-state index in [2.05, 4.69) is 0 Å². The molecule has 6 heteroatoms. The number of aliphatic carboxylic acids is 1. The predicted octanol–water partition coefficient (Wildman–Crippen LogP) is 2.18. The third-order valence-corrected chi connectivity index (χ3v) is 3.06. The van der Waals surface area contributed by atoms with E-state index in [9.17, 15) is 9.59 Å². The van der Waals surface area contributed by atoms with Crippen molar-refractivity contribution in [2.75, 3.05) is 31.8 Å². The minimum absolute atomic E-state index is 0.0595. The molecular weight excluding hydrogens is 286 g/mol. The van der Waals surface area contributed by atoms with Gasteiger partial charge in [-0.25, -0.2) is 0 Å². The van der Waals surface area contributed by atoms with Crippen LogP contribution in [0.4, 0.5) is 5.69 Å². The molecule has 0 fully saturated rings. The second-order valence-electron chi connectivity index (χ2n) is 4.99. The second kappa shape index (κ2) is 9.04. The smallest absolute Gasteiger partial charge is 0.308 e. The van der Waals surface area contributed by atoms with E-state index >= 15 is 0 Å². The summed E-state index contributed by atoms with van der Waals surface area (Å²) in [6.07, 6.45) is 0.839. The predicted molar refractivity (Wildman–Crippen MR) is 83.3 cm³/mol. The lowest BCUT2D eigenvalue weighted by atomic mass is 10.1. The number of carbonyl (C=O) groups excluding carboxylic acids is 1. The lowest BCUT2D eigenvalue weighted by Gasteiger charge is -2.26. The fourth-order valence-electron chi connectivity index (χ4n) is 1.90. The highest BCUT2D eigenvalue weighted by Gasteiger charge is 2.24. The fraction of sp³-hybridized carbons (Fsp3) is 0.500. The molecule has 22 heavy (non-hydrogen) atoms. The van der Waals surface area contributed by atoms with E-state index in [1.54, 1.807) is 25.1 Å². The van der Waals surface area contributed by atoms with Crippen LogP contribution in [0.1, 0.15) is 20.3 Å². The molecule has 0 radical (unpaired) electrons. The molecule has 0 aromatic heterocycles. The molecule has 1 amide bonds. The summed E-state index contributed by atoms with van der Waals surface area (Å²) < 4.78 is 10.5. The van der Waals surface area contributed by atoms with Crippen molar-refractivity contribution in [1.82, 2.24) is 0 Å². The van der Waals surface area contributed by atoms with Gasteiger partial charge in [0.1, 0.15) is 12.4 Å². The number of carbonyl (C=O) groups is 2. The number of para-hydroxylation sites is 2. The molecule has 0 aliphatic rings. The first-order valence-corrected chi connectivity index (χ1v) is 7.25. The van der Waals surface area contributed by atoms with E-state index < -0.39 is 11.9 Å². The summed E-state index contributed by atoms with van der Waals surface area (Å²) in [6.45, 7) is 4.02. The number of carboxylic acid groups (broad SMARTS) is 1. The van der Waals surface area contributed by atoms with Gasteiger partial charge in [-0.3, -0.25) is 9.59 Å². The highest BCUT2D eigenvalue weighted by atomic mass is 16.5. The summed E-state index contributed by atoms with van der Waals surface area (Å²) in [5, 5.41) is 9.10. The van der Waals surface area contributed by atoms with Crippen molar-refractivity contribution in [1.29, 1.82) is 0 Å². The summed E-state index contributed by atoms with van der Waals surface area (Å²) in [6, 6.07) is 7.11. The summed E-state index contributed by atoms with van der Waals surface area (Å²) in [4.78, 5) is 24.8. The summed E-state index contributed by atoms with van der Waals surface area (Å²) in [5.41, 5.74) is 0.561. The largest absolute Gasteiger partial charge is 0.491 e. The Labute approximate surface area is 130 Å². The number of benzene rings is 1. The Hall–Kier alpha value is -2.08. The topological polar surface area (TPSA) is 76.1 Å². The van der Waals surface area contributed by atoms with Crippen molar-refractivity contribution in [2.45, 2.75) is 20.3 Å². The zero-order valence-corrected chi connectivity index (χ0v) is 13.2. The van der Waals surface area contributed by atoms with Gasteiger partial charge in [0.2, 0.25) is 0 Å². The van der Waals surface area contributed by atoms with Crippen LogP contribution in [0.2, 0.25) is 0 Å². The summed E-state index contributed by atoms with van der Waals surface area (Å²) in [5.74, 6) is -1.39. The minimum Gasteiger partial charge on any atom is -0.491 e. The highest BCUT2D eigenvalue weighted by molar-refractivity contribution is 5.96. The first-order valence-electron chi connectivity index (χ1n) is 7.25. The van der Waals surface area contributed by atoms with Gasteiger partial charge in [0.25, 0.3) is 5.91 Å². The average Bonchev–Trinajstić information content (AvgIpc) is 2.50. The van der Waals surface area contributed by atoms with E-state index in [-0.39, 0.29) is 19.1 Å². The molecule has 1 aromatic carbocycles. The van der Waals surface area contributed by atoms with Crippen LogP contribution in [0.3, 0.4) is 0 Å². The third kappa shape index (κ3) is 5.04. The van der Waals surface area contributed by atoms with Crippen LogP contribution in [-0.2, 0) is 14.3 Å².